The first kappa shape index (κ1) is 27.1. The van der Waals surface area contributed by atoms with Crippen molar-refractivity contribution in [2.45, 2.75) is 52.9 Å². The van der Waals surface area contributed by atoms with Gasteiger partial charge in [-0.15, -0.1) is 11.3 Å². The molecule has 0 aliphatic carbocycles. The molecule has 0 amide bonds. The van der Waals surface area contributed by atoms with E-state index in [4.69, 9.17) is 19.2 Å². The van der Waals surface area contributed by atoms with Gasteiger partial charge in [0.2, 0.25) is 0 Å². The van der Waals surface area contributed by atoms with E-state index in [-0.39, 0.29) is 18.3 Å². The van der Waals surface area contributed by atoms with Gasteiger partial charge in [0.1, 0.15) is 10.7 Å². The molecule has 0 radical (unpaired) electrons. The van der Waals surface area contributed by atoms with Gasteiger partial charge in [-0.1, -0.05) is 19.9 Å². The molecule has 3 aromatic rings. The number of rotatable bonds is 13. The van der Waals surface area contributed by atoms with Crippen molar-refractivity contribution in [2.75, 3.05) is 33.9 Å². The molecule has 0 saturated carbocycles. The van der Waals surface area contributed by atoms with E-state index in [0.717, 1.165) is 24.1 Å². The normalized spacial score (nSPS) is 12.7. The first-order valence-corrected chi connectivity index (χ1v) is 12.8. The van der Waals surface area contributed by atoms with Gasteiger partial charge >= 0.3 is 0 Å². The first-order chi connectivity index (χ1) is 16.7. The van der Waals surface area contributed by atoms with E-state index in [1.165, 1.54) is 11.3 Å². The fourth-order valence-electron chi connectivity index (χ4n) is 3.83. The third kappa shape index (κ3) is 7.27. The summed E-state index contributed by atoms with van der Waals surface area (Å²) in [6.45, 7) is 10.2. The van der Waals surface area contributed by atoms with E-state index < -0.39 is 6.10 Å². The minimum atomic E-state index is -0.613. The number of aliphatic hydroxyl groups excluding tert-OH is 1. The Morgan fingerprint density at radius 2 is 1.89 bits per heavy atom. The summed E-state index contributed by atoms with van der Waals surface area (Å²) in [7, 11) is 3.18. The monoisotopic (exact) mass is 503 g/mol. The molecule has 0 saturated heterocycles. The SMILES string of the molecule is COc1ccc(-c2csc3nc(CN(CCC(C)C)C[C@H](O)COC(C)C)[nH]c(=O)c23)cc1OC. The van der Waals surface area contributed by atoms with Gasteiger partial charge < -0.3 is 24.3 Å². The summed E-state index contributed by atoms with van der Waals surface area (Å²) in [4.78, 5) is 23.7. The summed E-state index contributed by atoms with van der Waals surface area (Å²) in [5, 5.41) is 13.0. The van der Waals surface area contributed by atoms with Gasteiger partial charge in [0.05, 0.1) is 45.0 Å². The third-order valence-electron chi connectivity index (χ3n) is 5.67. The van der Waals surface area contributed by atoms with Crippen molar-refractivity contribution in [1.29, 1.82) is 0 Å². The molecule has 1 atom stereocenters. The van der Waals surface area contributed by atoms with Crippen LogP contribution in [0.3, 0.4) is 0 Å². The van der Waals surface area contributed by atoms with Crippen molar-refractivity contribution >= 4 is 21.6 Å². The number of methoxy groups -OCH3 is 2. The van der Waals surface area contributed by atoms with E-state index in [0.29, 0.717) is 46.5 Å². The number of nitrogens with zero attached hydrogens (tertiary/aromatic N) is 2. The maximum Gasteiger partial charge on any atom is 0.260 e. The van der Waals surface area contributed by atoms with E-state index >= 15 is 0 Å². The maximum absolute atomic E-state index is 13.1. The highest BCUT2D eigenvalue weighted by molar-refractivity contribution is 7.17. The van der Waals surface area contributed by atoms with Gasteiger partial charge in [-0.2, -0.15) is 0 Å². The Labute approximate surface area is 210 Å². The average molecular weight is 504 g/mol. The van der Waals surface area contributed by atoms with Gasteiger partial charge in [-0.05, 0) is 50.4 Å². The summed E-state index contributed by atoms with van der Waals surface area (Å²) in [6.07, 6.45) is 0.429. The lowest BCUT2D eigenvalue weighted by atomic mass is 10.1. The number of thiophene rings is 1. The molecule has 35 heavy (non-hydrogen) atoms. The predicted octanol–water partition coefficient (Wildman–Crippen LogP) is 4.30. The van der Waals surface area contributed by atoms with Crippen LogP contribution in [0.2, 0.25) is 0 Å². The molecule has 0 spiro atoms. The van der Waals surface area contributed by atoms with Gasteiger partial charge in [0.25, 0.3) is 5.56 Å². The maximum atomic E-state index is 13.1. The van der Waals surface area contributed by atoms with Gasteiger partial charge in [0, 0.05) is 17.5 Å². The summed E-state index contributed by atoms with van der Waals surface area (Å²) in [6, 6.07) is 5.60. The fraction of sp³-hybridized carbons (Fsp3) is 0.538. The number of aromatic nitrogens is 2. The first-order valence-electron chi connectivity index (χ1n) is 12.0. The van der Waals surface area contributed by atoms with E-state index in [1.54, 1.807) is 14.2 Å². The number of H-pyrrole nitrogens is 1. The molecule has 0 aliphatic heterocycles. The van der Waals surface area contributed by atoms with Crippen LogP contribution in [0, 0.1) is 5.92 Å². The van der Waals surface area contributed by atoms with Crippen LogP contribution in [-0.4, -0.2) is 66.1 Å². The van der Waals surface area contributed by atoms with E-state index in [9.17, 15) is 9.90 Å². The molecule has 0 bridgehead atoms. The van der Waals surface area contributed by atoms with Crippen LogP contribution in [0.5, 0.6) is 11.5 Å². The zero-order valence-corrected chi connectivity index (χ0v) is 22.3. The molecule has 2 aromatic heterocycles. The van der Waals surface area contributed by atoms with E-state index in [2.05, 4.69) is 23.7 Å². The Balaban J connectivity index is 1.85. The molecule has 192 valence electrons. The second kappa shape index (κ2) is 12.5. The second-order valence-electron chi connectivity index (χ2n) is 9.37. The number of hydrogen-bond acceptors (Lipinski definition) is 8. The largest absolute Gasteiger partial charge is 0.493 e. The Hall–Kier alpha value is -2.46. The predicted molar refractivity (Wildman–Crippen MR) is 141 cm³/mol. The molecule has 0 fully saturated rings. The summed E-state index contributed by atoms with van der Waals surface area (Å²) in [5.41, 5.74) is 1.49. The highest BCUT2D eigenvalue weighted by atomic mass is 32.1. The van der Waals surface area contributed by atoms with Crippen molar-refractivity contribution in [3.63, 3.8) is 0 Å². The lowest BCUT2D eigenvalue weighted by Crippen LogP contribution is -2.37. The summed E-state index contributed by atoms with van der Waals surface area (Å²) in [5.74, 6) is 2.35. The molecular weight excluding hydrogens is 466 g/mol. The number of aromatic amines is 1. The lowest BCUT2D eigenvalue weighted by molar-refractivity contribution is -0.0103. The van der Waals surface area contributed by atoms with E-state index in [1.807, 2.05) is 37.4 Å². The number of fused-ring (bicyclic) bond motifs is 1. The topological polar surface area (TPSA) is 96.9 Å². The highest BCUT2D eigenvalue weighted by Crippen LogP contribution is 2.36. The van der Waals surface area contributed by atoms with Crippen molar-refractivity contribution in [3.8, 4) is 22.6 Å². The molecule has 0 aliphatic rings. The Morgan fingerprint density at radius 3 is 2.54 bits per heavy atom. The molecule has 0 unspecified atom stereocenters. The van der Waals surface area contributed by atoms with Crippen LogP contribution in [0.15, 0.2) is 28.4 Å². The van der Waals surface area contributed by atoms with Gasteiger partial charge in [0.15, 0.2) is 11.5 Å². The molecule has 3 rings (SSSR count). The number of ether oxygens (including phenoxy) is 3. The minimum absolute atomic E-state index is 0.0629. The number of aliphatic hydroxyl groups is 1. The quantitative estimate of drug-likeness (QED) is 0.359. The van der Waals surface area contributed by atoms with Gasteiger partial charge in [-0.25, -0.2) is 4.98 Å². The highest BCUT2D eigenvalue weighted by Gasteiger charge is 2.18. The van der Waals surface area contributed by atoms with Crippen LogP contribution >= 0.6 is 11.3 Å². The summed E-state index contributed by atoms with van der Waals surface area (Å²) >= 11 is 1.44. The smallest absolute Gasteiger partial charge is 0.260 e. The Bertz CT molecular complexity index is 1160. The Kier molecular flexibility index (Phi) is 9.68. The summed E-state index contributed by atoms with van der Waals surface area (Å²) < 4.78 is 16.3. The number of nitrogens with one attached hydrogen (secondary N) is 1. The fourth-order valence-corrected chi connectivity index (χ4v) is 4.79. The minimum Gasteiger partial charge on any atom is -0.493 e. The molecule has 2 N–H and O–H groups in total. The molecule has 9 heteroatoms. The zero-order chi connectivity index (χ0) is 25.5. The zero-order valence-electron chi connectivity index (χ0n) is 21.5. The van der Waals surface area contributed by atoms with Crippen LogP contribution in [0.4, 0.5) is 0 Å². The van der Waals surface area contributed by atoms with Crippen molar-refractivity contribution in [1.82, 2.24) is 14.9 Å². The average Bonchev–Trinajstić information content (AvgIpc) is 3.25. The van der Waals surface area contributed by atoms with Crippen LogP contribution < -0.4 is 15.0 Å². The molecular formula is C26H37N3O5S. The number of benzene rings is 1. The molecule has 8 nitrogen and oxygen atoms in total. The van der Waals surface area contributed by atoms with Crippen LogP contribution in [0.1, 0.15) is 39.9 Å². The standard InChI is InChI=1S/C26H37N3O5S/c1-16(2)9-10-29(12-19(30)14-34-17(3)4)13-23-27-25(31)24-20(15-35-26(24)28-23)18-7-8-21(32-5)22(11-18)33-6/h7-8,11,15-17,19,30H,9-10,12-14H2,1-6H3,(H,27,28,31)/t19-/m0/s1. The van der Waals surface area contributed by atoms with Crippen LogP contribution in [-0.2, 0) is 11.3 Å². The van der Waals surface area contributed by atoms with Crippen LogP contribution in [0.25, 0.3) is 21.3 Å². The molecule has 2 heterocycles. The lowest BCUT2D eigenvalue weighted by Gasteiger charge is -2.25. The number of hydrogen-bond donors (Lipinski definition) is 2. The van der Waals surface area contributed by atoms with Crippen molar-refractivity contribution in [2.24, 2.45) is 5.92 Å². The van der Waals surface area contributed by atoms with Gasteiger partial charge in [-0.3, -0.25) is 9.69 Å². The second-order valence-corrected chi connectivity index (χ2v) is 10.2. The van der Waals surface area contributed by atoms with Crippen molar-refractivity contribution < 1.29 is 19.3 Å². The van der Waals surface area contributed by atoms with Crippen molar-refractivity contribution in [3.05, 3.63) is 39.8 Å². The molecule has 1 aromatic carbocycles. The third-order valence-corrected chi connectivity index (χ3v) is 6.55. The Morgan fingerprint density at radius 1 is 1.14 bits per heavy atom.